The molecule has 0 unspecified atom stereocenters. The van der Waals surface area contributed by atoms with Gasteiger partial charge in [-0.3, -0.25) is 9.79 Å². The minimum absolute atomic E-state index is 0.164. The van der Waals surface area contributed by atoms with Crippen molar-refractivity contribution in [2.45, 2.75) is 32.2 Å². The molecule has 2 aliphatic rings. The van der Waals surface area contributed by atoms with Crippen molar-refractivity contribution in [2.75, 3.05) is 18.0 Å². The van der Waals surface area contributed by atoms with Crippen molar-refractivity contribution in [3.63, 3.8) is 0 Å². The van der Waals surface area contributed by atoms with E-state index in [0.717, 1.165) is 46.2 Å². The third kappa shape index (κ3) is 4.71. The molecule has 7 heteroatoms. The summed E-state index contributed by atoms with van der Waals surface area (Å²) in [4.78, 5) is 18.3. The highest BCUT2D eigenvalue weighted by Crippen LogP contribution is 2.33. The van der Waals surface area contributed by atoms with E-state index in [2.05, 4.69) is 37.9 Å². The van der Waals surface area contributed by atoms with E-state index in [1.54, 1.807) is 19.1 Å². The molecule has 27 heavy (non-hydrogen) atoms. The van der Waals surface area contributed by atoms with Crippen molar-refractivity contribution in [1.29, 1.82) is 0 Å². The van der Waals surface area contributed by atoms with E-state index in [9.17, 15) is 4.79 Å². The number of rotatable bonds is 1. The Morgan fingerprint density at radius 1 is 1.11 bits per heavy atom. The molecule has 2 aliphatic heterocycles. The number of anilines is 2. The van der Waals surface area contributed by atoms with Crippen molar-refractivity contribution in [1.82, 2.24) is 4.90 Å². The second-order valence-corrected chi connectivity index (χ2v) is 8.53. The van der Waals surface area contributed by atoms with Gasteiger partial charge >= 0.3 is 0 Å². The lowest BCUT2D eigenvalue weighted by Crippen LogP contribution is -2.39. The standard InChI is InChI=1S/C14H15BrN2O.C6H7BrN2/c1-9(18)17-6-2-3-14(17)13-8-10-7-11(15)4-5-12(10)16-13;7-4-1-2-5(8)6(9)3-4/h4-5,7,14H,2-3,6,8H2,1H3;1-3H,8-9H2/t14-;/m0./s1. The summed E-state index contributed by atoms with van der Waals surface area (Å²) in [5, 5.41) is 0. The Morgan fingerprint density at radius 3 is 2.48 bits per heavy atom. The third-order valence-electron chi connectivity index (χ3n) is 4.77. The first kappa shape index (κ1) is 19.9. The fourth-order valence-electron chi connectivity index (χ4n) is 3.42. The second kappa shape index (κ2) is 8.44. The molecule has 1 atom stereocenters. The van der Waals surface area contributed by atoms with Gasteiger partial charge in [0.25, 0.3) is 0 Å². The lowest BCUT2D eigenvalue weighted by Gasteiger charge is -2.23. The minimum atomic E-state index is 0.164. The van der Waals surface area contributed by atoms with E-state index in [1.807, 2.05) is 23.1 Å². The number of carbonyl (C=O) groups is 1. The van der Waals surface area contributed by atoms with Crippen molar-refractivity contribution >= 4 is 60.5 Å². The van der Waals surface area contributed by atoms with Crippen molar-refractivity contribution in [2.24, 2.45) is 4.99 Å². The largest absolute Gasteiger partial charge is 0.397 e. The topological polar surface area (TPSA) is 84.7 Å². The van der Waals surface area contributed by atoms with Crippen molar-refractivity contribution in [3.05, 3.63) is 50.9 Å². The number of nitrogen functional groups attached to an aromatic ring is 2. The fourth-order valence-corrected chi connectivity index (χ4v) is 4.21. The number of halogens is 2. The minimum Gasteiger partial charge on any atom is -0.397 e. The van der Waals surface area contributed by atoms with Crippen LogP contribution in [0.25, 0.3) is 0 Å². The number of fused-ring (bicyclic) bond motifs is 1. The first-order valence-electron chi connectivity index (χ1n) is 8.78. The molecule has 2 aromatic rings. The first-order chi connectivity index (χ1) is 12.8. The Hall–Kier alpha value is -1.86. The number of hydrogen-bond acceptors (Lipinski definition) is 4. The van der Waals surface area contributed by atoms with Gasteiger partial charge in [0.1, 0.15) is 0 Å². The third-order valence-corrected chi connectivity index (χ3v) is 5.75. The van der Waals surface area contributed by atoms with Crippen molar-refractivity contribution < 1.29 is 4.79 Å². The molecule has 5 nitrogen and oxygen atoms in total. The monoisotopic (exact) mass is 492 g/mol. The summed E-state index contributed by atoms with van der Waals surface area (Å²) in [7, 11) is 0. The molecule has 142 valence electrons. The van der Waals surface area contributed by atoms with Crippen LogP contribution in [-0.4, -0.2) is 29.1 Å². The number of nitrogens with two attached hydrogens (primary N) is 2. The number of amides is 1. The maximum atomic E-state index is 11.6. The molecule has 0 spiro atoms. The molecule has 2 heterocycles. The number of carbonyl (C=O) groups excluding carboxylic acids is 1. The maximum Gasteiger partial charge on any atom is 0.219 e. The van der Waals surface area contributed by atoms with Gasteiger partial charge in [-0.05, 0) is 54.8 Å². The molecular weight excluding hydrogens is 472 g/mol. The predicted molar refractivity (Wildman–Crippen MR) is 118 cm³/mol. The first-order valence-corrected chi connectivity index (χ1v) is 10.4. The number of hydrogen-bond donors (Lipinski definition) is 2. The summed E-state index contributed by atoms with van der Waals surface area (Å²) >= 11 is 6.75. The Morgan fingerprint density at radius 2 is 1.81 bits per heavy atom. The van der Waals surface area contributed by atoms with E-state index in [0.29, 0.717) is 11.4 Å². The van der Waals surface area contributed by atoms with E-state index in [1.165, 1.54) is 5.56 Å². The van der Waals surface area contributed by atoms with Gasteiger partial charge in [-0.2, -0.15) is 0 Å². The molecule has 0 bridgehead atoms. The average molecular weight is 494 g/mol. The average Bonchev–Trinajstić information content (AvgIpc) is 3.25. The van der Waals surface area contributed by atoms with Crippen LogP contribution in [0.1, 0.15) is 25.3 Å². The van der Waals surface area contributed by atoms with Gasteiger partial charge in [0.2, 0.25) is 5.91 Å². The Labute approximate surface area is 176 Å². The van der Waals surface area contributed by atoms with Crippen LogP contribution in [0.5, 0.6) is 0 Å². The molecule has 0 saturated carbocycles. The van der Waals surface area contributed by atoms with Crippen LogP contribution in [0.2, 0.25) is 0 Å². The summed E-state index contributed by atoms with van der Waals surface area (Å²) < 4.78 is 2.04. The van der Waals surface area contributed by atoms with Gasteiger partial charge in [-0.25, -0.2) is 0 Å². The van der Waals surface area contributed by atoms with Gasteiger partial charge in [0.15, 0.2) is 0 Å². The zero-order valence-corrected chi connectivity index (χ0v) is 18.3. The molecule has 2 aromatic carbocycles. The summed E-state index contributed by atoms with van der Waals surface area (Å²) in [5.41, 5.74) is 15.6. The summed E-state index contributed by atoms with van der Waals surface area (Å²) in [5.74, 6) is 0.164. The molecule has 0 aliphatic carbocycles. The van der Waals surface area contributed by atoms with Crippen LogP contribution in [0.15, 0.2) is 50.3 Å². The Bertz CT molecular complexity index is 898. The number of aliphatic imine (C=N–C) groups is 1. The highest BCUT2D eigenvalue weighted by molar-refractivity contribution is 9.10. The molecule has 4 N–H and O–H groups in total. The Balaban J connectivity index is 0.000000197. The SMILES string of the molecule is CC(=O)N1CCC[C@H]1C1=Nc2ccc(Br)cc2C1.Nc1ccc(Br)cc1N. The molecular formula is C20H22Br2N4O. The van der Waals surface area contributed by atoms with Crippen LogP contribution in [0.4, 0.5) is 17.1 Å². The lowest BCUT2D eigenvalue weighted by molar-refractivity contribution is -0.128. The summed E-state index contributed by atoms with van der Waals surface area (Å²) in [6, 6.07) is 11.8. The highest BCUT2D eigenvalue weighted by atomic mass is 79.9. The summed E-state index contributed by atoms with van der Waals surface area (Å²) in [6.45, 7) is 2.52. The zero-order chi connectivity index (χ0) is 19.6. The van der Waals surface area contributed by atoms with Crippen LogP contribution < -0.4 is 11.5 Å². The smallest absolute Gasteiger partial charge is 0.219 e. The van der Waals surface area contributed by atoms with Crippen LogP contribution in [0, 0.1) is 0 Å². The Kier molecular flexibility index (Phi) is 6.22. The van der Waals surface area contributed by atoms with E-state index in [4.69, 9.17) is 16.5 Å². The molecule has 1 saturated heterocycles. The molecule has 1 fully saturated rings. The van der Waals surface area contributed by atoms with Crippen molar-refractivity contribution in [3.8, 4) is 0 Å². The number of benzene rings is 2. The van der Waals surface area contributed by atoms with E-state index < -0.39 is 0 Å². The normalized spacial score (nSPS) is 17.8. The molecule has 1 amide bonds. The number of likely N-dealkylation sites (tertiary alicyclic amines) is 1. The van der Waals surface area contributed by atoms with Gasteiger partial charge in [-0.15, -0.1) is 0 Å². The quantitative estimate of drug-likeness (QED) is 0.564. The van der Waals surface area contributed by atoms with Gasteiger partial charge in [-0.1, -0.05) is 31.9 Å². The number of nitrogens with zero attached hydrogens (tertiary/aromatic N) is 2. The molecule has 4 rings (SSSR count). The maximum absolute atomic E-state index is 11.6. The molecule has 0 aromatic heterocycles. The molecule has 0 radical (unpaired) electrons. The summed E-state index contributed by atoms with van der Waals surface area (Å²) in [6.07, 6.45) is 3.01. The van der Waals surface area contributed by atoms with Gasteiger partial charge in [0, 0.05) is 34.5 Å². The zero-order valence-electron chi connectivity index (χ0n) is 15.1. The fraction of sp³-hybridized carbons (Fsp3) is 0.300. The highest BCUT2D eigenvalue weighted by Gasteiger charge is 2.32. The van der Waals surface area contributed by atoms with E-state index in [-0.39, 0.29) is 11.9 Å². The van der Waals surface area contributed by atoms with E-state index >= 15 is 0 Å². The van der Waals surface area contributed by atoms with Crippen LogP contribution >= 0.6 is 31.9 Å². The lowest BCUT2D eigenvalue weighted by atomic mass is 10.0. The predicted octanol–water partition coefficient (Wildman–Crippen LogP) is 4.70. The van der Waals surface area contributed by atoms with Crippen LogP contribution in [0.3, 0.4) is 0 Å². The van der Waals surface area contributed by atoms with Crippen LogP contribution in [-0.2, 0) is 11.2 Å². The van der Waals surface area contributed by atoms with Gasteiger partial charge < -0.3 is 16.4 Å². The van der Waals surface area contributed by atoms with Gasteiger partial charge in [0.05, 0.1) is 23.1 Å². The second-order valence-electron chi connectivity index (χ2n) is 6.70.